The number of hydrogen-bond donors (Lipinski definition) is 0. The fourth-order valence-electron chi connectivity index (χ4n) is 0.767. The second-order valence-corrected chi connectivity index (χ2v) is 2.83. The molecule has 4 nitrogen and oxygen atoms in total. The molecular formula is C7H8LiNO3S. The van der Waals surface area contributed by atoms with E-state index in [4.69, 9.17) is 4.74 Å². The summed E-state index contributed by atoms with van der Waals surface area (Å²) in [5.74, 6) is 0.299. The summed E-state index contributed by atoms with van der Waals surface area (Å²) in [6, 6.07) is 3.20. The van der Waals surface area contributed by atoms with Crippen LogP contribution in [0.5, 0.6) is 5.75 Å². The Bertz CT molecular complexity index is 295. The van der Waals surface area contributed by atoms with Gasteiger partial charge in [0.15, 0.2) is 10.8 Å². The second kappa shape index (κ2) is 6.16. The van der Waals surface area contributed by atoms with Gasteiger partial charge in [-0.3, -0.25) is 4.21 Å². The van der Waals surface area contributed by atoms with Crippen LogP contribution in [0.1, 0.15) is 6.92 Å². The third-order valence-corrected chi connectivity index (χ3v) is 1.82. The van der Waals surface area contributed by atoms with Crippen molar-refractivity contribution in [3.05, 3.63) is 18.3 Å². The quantitative estimate of drug-likeness (QED) is 0.401. The summed E-state index contributed by atoms with van der Waals surface area (Å²) in [5.41, 5.74) is 0. The van der Waals surface area contributed by atoms with E-state index < -0.39 is 11.1 Å². The van der Waals surface area contributed by atoms with E-state index in [9.17, 15) is 8.76 Å². The van der Waals surface area contributed by atoms with Gasteiger partial charge in [-0.1, -0.05) is 0 Å². The van der Waals surface area contributed by atoms with Gasteiger partial charge in [-0.25, -0.2) is 4.98 Å². The summed E-state index contributed by atoms with van der Waals surface area (Å²) < 4.78 is 26.2. The van der Waals surface area contributed by atoms with Gasteiger partial charge >= 0.3 is 18.9 Å². The fourth-order valence-corrected chi connectivity index (χ4v) is 1.20. The Morgan fingerprint density at radius 2 is 2.38 bits per heavy atom. The van der Waals surface area contributed by atoms with Gasteiger partial charge in [0.25, 0.3) is 0 Å². The van der Waals surface area contributed by atoms with Crippen molar-refractivity contribution in [1.29, 1.82) is 0 Å². The molecule has 0 spiro atoms. The molecule has 0 aliphatic rings. The average molecular weight is 193 g/mol. The first-order valence-electron chi connectivity index (χ1n) is 3.42. The molecule has 0 saturated heterocycles. The Hall–Kier alpha value is -0.343. The molecule has 0 N–H and O–H groups in total. The standard InChI is InChI=1S/C7H9NO3S.Li/c1-2-11-6-4-3-5-8-7(6)12(9)10;/h3-5H,2H2,1H3,(H,9,10);/q;+1/p-1. The smallest absolute Gasteiger partial charge is 0.767 e. The molecule has 1 aromatic rings. The Morgan fingerprint density at radius 1 is 1.69 bits per heavy atom. The van der Waals surface area contributed by atoms with E-state index in [0.717, 1.165) is 0 Å². The molecule has 0 aliphatic heterocycles. The minimum absolute atomic E-state index is 0. The van der Waals surface area contributed by atoms with Crippen LogP contribution in [0.2, 0.25) is 0 Å². The summed E-state index contributed by atoms with van der Waals surface area (Å²) in [6.07, 6.45) is 1.41. The van der Waals surface area contributed by atoms with Crippen molar-refractivity contribution in [3.8, 4) is 5.75 Å². The third-order valence-electron chi connectivity index (χ3n) is 1.19. The molecule has 1 aromatic heterocycles. The SMILES string of the molecule is CCOc1cccnc1S(=O)[O-].[Li+]. The van der Waals surface area contributed by atoms with Gasteiger partial charge < -0.3 is 9.29 Å². The first kappa shape index (κ1) is 12.7. The second-order valence-electron chi connectivity index (χ2n) is 1.97. The molecule has 0 aromatic carbocycles. The molecule has 1 atom stereocenters. The molecule has 1 heterocycles. The Kier molecular flexibility index (Phi) is 6.00. The van der Waals surface area contributed by atoms with E-state index in [0.29, 0.717) is 12.4 Å². The van der Waals surface area contributed by atoms with Crippen molar-refractivity contribution in [2.75, 3.05) is 6.61 Å². The first-order valence-corrected chi connectivity index (χ1v) is 4.50. The van der Waals surface area contributed by atoms with Crippen LogP contribution in [0.3, 0.4) is 0 Å². The molecule has 1 unspecified atom stereocenters. The molecule has 0 amide bonds. The van der Waals surface area contributed by atoms with Gasteiger partial charge in [0.05, 0.1) is 6.61 Å². The number of hydrogen-bond acceptors (Lipinski definition) is 4. The largest absolute Gasteiger partial charge is 1.00 e. The Labute approximate surface area is 91.2 Å². The van der Waals surface area contributed by atoms with Gasteiger partial charge in [-0.2, -0.15) is 0 Å². The minimum Gasteiger partial charge on any atom is -0.767 e. The monoisotopic (exact) mass is 193 g/mol. The van der Waals surface area contributed by atoms with Crippen LogP contribution in [0.25, 0.3) is 0 Å². The zero-order valence-corrected chi connectivity index (χ0v) is 8.34. The molecule has 0 bridgehead atoms. The molecule has 66 valence electrons. The van der Waals surface area contributed by atoms with Crippen LogP contribution in [-0.2, 0) is 11.1 Å². The molecule has 13 heavy (non-hydrogen) atoms. The Morgan fingerprint density at radius 3 is 2.92 bits per heavy atom. The first-order chi connectivity index (χ1) is 5.75. The number of pyridine rings is 1. The van der Waals surface area contributed by atoms with Crippen LogP contribution in [-0.4, -0.2) is 20.4 Å². The maximum Gasteiger partial charge on any atom is 1.00 e. The molecule has 0 saturated carbocycles. The number of nitrogens with zero attached hydrogens (tertiary/aromatic N) is 1. The molecular weight excluding hydrogens is 185 g/mol. The van der Waals surface area contributed by atoms with Gasteiger partial charge in [-0.15, -0.1) is 0 Å². The van der Waals surface area contributed by atoms with Crippen LogP contribution in [0.4, 0.5) is 0 Å². The van der Waals surface area contributed by atoms with Crippen LogP contribution in [0, 0.1) is 0 Å². The van der Waals surface area contributed by atoms with Crippen molar-refractivity contribution >= 4 is 11.1 Å². The number of aromatic nitrogens is 1. The van der Waals surface area contributed by atoms with Crippen molar-refractivity contribution in [1.82, 2.24) is 4.98 Å². The summed E-state index contributed by atoms with van der Waals surface area (Å²) in [7, 11) is 0. The molecule has 6 heteroatoms. The zero-order valence-electron chi connectivity index (χ0n) is 7.52. The summed E-state index contributed by atoms with van der Waals surface area (Å²) >= 11 is -2.33. The van der Waals surface area contributed by atoms with E-state index >= 15 is 0 Å². The van der Waals surface area contributed by atoms with Crippen molar-refractivity contribution in [2.24, 2.45) is 0 Å². The number of ether oxygens (including phenoxy) is 1. The van der Waals surface area contributed by atoms with Crippen LogP contribution >= 0.6 is 0 Å². The third kappa shape index (κ3) is 3.49. The van der Waals surface area contributed by atoms with E-state index in [2.05, 4.69) is 4.98 Å². The number of rotatable bonds is 3. The predicted octanol–water partition coefficient (Wildman–Crippen LogP) is -2.28. The van der Waals surface area contributed by atoms with E-state index in [1.165, 1.54) is 6.20 Å². The van der Waals surface area contributed by atoms with Crippen LogP contribution in [0.15, 0.2) is 23.4 Å². The van der Waals surface area contributed by atoms with Gasteiger partial charge in [0.2, 0.25) is 0 Å². The summed E-state index contributed by atoms with van der Waals surface area (Å²) in [6.45, 7) is 2.21. The topological polar surface area (TPSA) is 62.2 Å². The summed E-state index contributed by atoms with van der Waals surface area (Å²) in [4.78, 5) is 3.66. The summed E-state index contributed by atoms with van der Waals surface area (Å²) in [5, 5.41) is -0.0423. The van der Waals surface area contributed by atoms with Crippen molar-refractivity contribution in [3.63, 3.8) is 0 Å². The normalized spacial score (nSPS) is 11.5. The molecule has 1 rings (SSSR count). The van der Waals surface area contributed by atoms with E-state index in [1.807, 2.05) is 0 Å². The fraction of sp³-hybridized carbons (Fsp3) is 0.286. The molecule has 0 aliphatic carbocycles. The van der Waals surface area contributed by atoms with Crippen molar-refractivity contribution < 1.29 is 32.4 Å². The molecule has 0 fully saturated rings. The average Bonchev–Trinajstić information content (AvgIpc) is 2.05. The van der Waals surface area contributed by atoms with Gasteiger partial charge in [0.1, 0.15) is 0 Å². The van der Waals surface area contributed by atoms with Gasteiger partial charge in [-0.05, 0) is 19.1 Å². The van der Waals surface area contributed by atoms with Crippen LogP contribution < -0.4 is 23.6 Å². The van der Waals surface area contributed by atoms with Gasteiger partial charge in [0, 0.05) is 17.3 Å². The van der Waals surface area contributed by atoms with Crippen molar-refractivity contribution in [2.45, 2.75) is 11.9 Å². The maximum absolute atomic E-state index is 10.6. The zero-order chi connectivity index (χ0) is 8.97. The van der Waals surface area contributed by atoms with E-state index in [-0.39, 0.29) is 23.9 Å². The van der Waals surface area contributed by atoms with E-state index in [1.54, 1.807) is 19.1 Å². The molecule has 0 radical (unpaired) electrons. The predicted molar refractivity (Wildman–Crippen MR) is 42.6 cm³/mol. The Balaban J connectivity index is 0.00000144. The maximum atomic E-state index is 10.6. The minimum atomic E-state index is -2.33.